The molecule has 0 unspecified atom stereocenters. The van der Waals surface area contributed by atoms with Gasteiger partial charge in [0.2, 0.25) is 0 Å². The van der Waals surface area contributed by atoms with Gasteiger partial charge in [0.25, 0.3) is 0 Å². The maximum Gasteiger partial charge on any atom is 0.352 e. The minimum Gasteiger partial charge on any atom is -0.452 e. The molecule has 2 aromatic rings. The zero-order chi connectivity index (χ0) is 25.3. The number of fused-ring (bicyclic) bond motifs is 1. The van der Waals surface area contributed by atoms with Crippen LogP contribution in [-0.4, -0.2) is 105 Å². The lowest BCUT2D eigenvalue weighted by molar-refractivity contribution is -0.508. The number of hydrogen-bond acceptors (Lipinski definition) is 12. The molecular formula is C21H29ClN4O8. The molecule has 1 fully saturated rings. The van der Waals surface area contributed by atoms with E-state index in [1.165, 1.54) is 4.90 Å². The van der Waals surface area contributed by atoms with E-state index in [2.05, 4.69) is 9.88 Å². The number of halogens is 1. The molecule has 0 atom stereocenters. The number of morpholine rings is 1. The number of aliphatic hydroxyl groups is 6. The van der Waals surface area contributed by atoms with Crippen molar-refractivity contribution in [3.63, 3.8) is 0 Å². The molecule has 0 aromatic carbocycles. The molecule has 6 N–H and O–H groups in total. The number of likely N-dealkylation sites (N-methyl/N-ethyl adjacent to an activating group) is 1. The Labute approximate surface area is 200 Å². The van der Waals surface area contributed by atoms with E-state index in [0.29, 0.717) is 53.9 Å². The summed E-state index contributed by atoms with van der Waals surface area (Å²) >= 11 is 6.24. The summed E-state index contributed by atoms with van der Waals surface area (Å²) in [5.74, 6) is 0.416. The number of allylic oxidation sites excluding steroid dienone is 3. The van der Waals surface area contributed by atoms with Crippen molar-refractivity contribution in [1.82, 2.24) is 14.8 Å². The topological polar surface area (TPSA) is 166 Å². The third kappa shape index (κ3) is 6.05. The first-order valence-corrected chi connectivity index (χ1v) is 10.8. The molecule has 2 aromatic heterocycles. The maximum atomic E-state index is 9.47. The van der Waals surface area contributed by atoms with Crippen molar-refractivity contribution in [2.75, 3.05) is 51.8 Å². The van der Waals surface area contributed by atoms with Crippen molar-refractivity contribution in [2.24, 2.45) is 0 Å². The monoisotopic (exact) mass is 500 g/mol. The van der Waals surface area contributed by atoms with Crippen LogP contribution in [-0.2, 0) is 4.74 Å². The summed E-state index contributed by atoms with van der Waals surface area (Å²) in [4.78, 5) is 7.81. The standard InChI is InChI=1S/C21H29ClN4O8/c1-4-13(9-14(24(2)3)12-26(20(27,28)29)21(30,31)32)17-10-15-19(34-17)16(11-18(22)23-15)25-5-7-33-8-6-25/h4,9-11,27-32H,5-8,12H2,1-3H3/b13-4+,14-9-. The van der Waals surface area contributed by atoms with Gasteiger partial charge in [-0.3, -0.25) is 0 Å². The summed E-state index contributed by atoms with van der Waals surface area (Å²) in [5.41, 5.74) is 2.62. The number of anilines is 1. The third-order valence-corrected chi connectivity index (χ3v) is 5.51. The molecule has 34 heavy (non-hydrogen) atoms. The molecule has 1 aliphatic rings. The summed E-state index contributed by atoms with van der Waals surface area (Å²) in [5, 5.41) is 57.1. The lowest BCUT2D eigenvalue weighted by Gasteiger charge is -2.37. The molecule has 1 saturated heterocycles. The minimum atomic E-state index is -3.73. The molecule has 0 saturated carbocycles. The lowest BCUT2D eigenvalue weighted by atomic mass is 10.1. The zero-order valence-corrected chi connectivity index (χ0v) is 19.8. The molecule has 1 aliphatic heterocycles. The highest BCUT2D eigenvalue weighted by Crippen LogP contribution is 2.34. The van der Waals surface area contributed by atoms with Crippen LogP contribution in [0.1, 0.15) is 12.7 Å². The fourth-order valence-corrected chi connectivity index (χ4v) is 3.72. The second-order valence-corrected chi connectivity index (χ2v) is 8.34. The average Bonchev–Trinajstić information content (AvgIpc) is 3.15. The Morgan fingerprint density at radius 3 is 2.26 bits per heavy atom. The first-order chi connectivity index (χ1) is 15.8. The second kappa shape index (κ2) is 10.2. The van der Waals surface area contributed by atoms with Crippen molar-refractivity contribution in [3.8, 4) is 0 Å². The molecule has 0 bridgehead atoms. The molecule has 12 nitrogen and oxygen atoms in total. The van der Waals surface area contributed by atoms with E-state index in [-0.39, 0.29) is 10.6 Å². The lowest BCUT2D eigenvalue weighted by Crippen LogP contribution is -2.62. The van der Waals surface area contributed by atoms with E-state index in [1.807, 2.05) is 0 Å². The summed E-state index contributed by atoms with van der Waals surface area (Å²) in [6, 6.07) is 3.42. The van der Waals surface area contributed by atoms with Gasteiger partial charge in [0, 0.05) is 50.6 Å². The summed E-state index contributed by atoms with van der Waals surface area (Å²) in [6.07, 6.45) is -4.18. The Kier molecular flexibility index (Phi) is 7.87. The first-order valence-electron chi connectivity index (χ1n) is 10.4. The Bertz CT molecular complexity index is 1050. The predicted molar refractivity (Wildman–Crippen MR) is 123 cm³/mol. The van der Waals surface area contributed by atoms with Crippen LogP contribution in [0.15, 0.2) is 34.4 Å². The van der Waals surface area contributed by atoms with Crippen molar-refractivity contribution in [1.29, 1.82) is 0 Å². The van der Waals surface area contributed by atoms with Crippen LogP contribution in [0, 0.1) is 0 Å². The normalized spacial score (nSPS) is 16.6. The molecule has 0 amide bonds. The molecule has 0 radical (unpaired) electrons. The molecular weight excluding hydrogens is 472 g/mol. The Morgan fingerprint density at radius 1 is 1.12 bits per heavy atom. The van der Waals surface area contributed by atoms with Gasteiger partial charge >= 0.3 is 12.2 Å². The smallest absolute Gasteiger partial charge is 0.352 e. The van der Waals surface area contributed by atoms with Crippen LogP contribution in [0.4, 0.5) is 5.69 Å². The molecule has 0 spiro atoms. The van der Waals surface area contributed by atoms with Crippen molar-refractivity contribution < 1.29 is 39.8 Å². The van der Waals surface area contributed by atoms with E-state index in [0.717, 1.165) is 5.69 Å². The largest absolute Gasteiger partial charge is 0.452 e. The highest BCUT2D eigenvalue weighted by Gasteiger charge is 2.44. The van der Waals surface area contributed by atoms with Gasteiger partial charge in [-0.1, -0.05) is 17.7 Å². The van der Waals surface area contributed by atoms with Gasteiger partial charge < -0.3 is 49.6 Å². The van der Waals surface area contributed by atoms with Crippen LogP contribution in [0.5, 0.6) is 0 Å². The van der Waals surface area contributed by atoms with Crippen LogP contribution in [0.3, 0.4) is 0 Å². The average molecular weight is 501 g/mol. The van der Waals surface area contributed by atoms with E-state index in [9.17, 15) is 30.6 Å². The number of aromatic nitrogens is 1. The highest BCUT2D eigenvalue weighted by atomic mass is 35.5. The Morgan fingerprint density at radius 2 is 1.74 bits per heavy atom. The van der Waals surface area contributed by atoms with Gasteiger partial charge in [0.1, 0.15) is 16.4 Å². The number of nitrogens with zero attached hydrogens (tertiary/aromatic N) is 4. The van der Waals surface area contributed by atoms with Gasteiger partial charge in [0.15, 0.2) is 5.58 Å². The van der Waals surface area contributed by atoms with Gasteiger partial charge in [-0.25, -0.2) is 4.98 Å². The second-order valence-electron chi connectivity index (χ2n) is 7.95. The van der Waals surface area contributed by atoms with Crippen molar-refractivity contribution in [2.45, 2.75) is 19.1 Å². The number of rotatable bonds is 8. The van der Waals surface area contributed by atoms with Crippen LogP contribution in [0.25, 0.3) is 16.7 Å². The van der Waals surface area contributed by atoms with Gasteiger partial charge in [-0.05, 0) is 13.0 Å². The number of pyridine rings is 1. The molecule has 3 rings (SSSR count). The number of ether oxygens (including phenoxy) is 1. The quantitative estimate of drug-likeness (QED) is 0.158. The SMILES string of the molecule is C/C=C(\C=C(\CN(C(O)(O)O)C(O)(O)O)N(C)C)c1cc2nc(Cl)cc(N3CCOCC3)c2o1. The zero-order valence-electron chi connectivity index (χ0n) is 19.0. The van der Waals surface area contributed by atoms with E-state index >= 15 is 0 Å². The van der Waals surface area contributed by atoms with Crippen molar-refractivity contribution in [3.05, 3.63) is 40.9 Å². The van der Waals surface area contributed by atoms with Crippen LogP contribution in [0.2, 0.25) is 5.15 Å². The Hall–Kier alpha value is -2.26. The van der Waals surface area contributed by atoms with Gasteiger partial charge in [0.05, 0.1) is 25.4 Å². The van der Waals surface area contributed by atoms with Crippen molar-refractivity contribution >= 4 is 34.0 Å². The first kappa shape index (κ1) is 26.3. The summed E-state index contributed by atoms with van der Waals surface area (Å²) in [6.45, 7) is 3.55. The summed E-state index contributed by atoms with van der Waals surface area (Å²) in [7, 11) is 3.21. The van der Waals surface area contributed by atoms with E-state index in [1.54, 1.807) is 45.3 Å². The Balaban J connectivity index is 2.02. The predicted octanol–water partition coefficient (Wildman–Crippen LogP) is -0.355. The minimum absolute atomic E-state index is 0.143. The van der Waals surface area contributed by atoms with E-state index < -0.39 is 18.7 Å². The van der Waals surface area contributed by atoms with E-state index in [4.69, 9.17) is 20.8 Å². The third-order valence-electron chi connectivity index (χ3n) is 5.32. The molecule has 3 heterocycles. The fourth-order valence-electron chi connectivity index (χ4n) is 3.52. The van der Waals surface area contributed by atoms with Crippen LogP contribution < -0.4 is 4.90 Å². The summed E-state index contributed by atoms with van der Waals surface area (Å²) < 4.78 is 11.6. The molecule has 13 heteroatoms. The number of furan rings is 1. The maximum absolute atomic E-state index is 9.47. The van der Waals surface area contributed by atoms with Crippen LogP contribution >= 0.6 is 11.6 Å². The molecule has 188 valence electrons. The molecule has 0 aliphatic carbocycles. The van der Waals surface area contributed by atoms with Gasteiger partial charge in [-0.15, -0.1) is 4.90 Å². The highest BCUT2D eigenvalue weighted by molar-refractivity contribution is 6.30. The fraction of sp³-hybridized carbons (Fsp3) is 0.476. The van der Waals surface area contributed by atoms with Gasteiger partial charge in [-0.2, -0.15) is 0 Å². The number of hydrogen-bond donors (Lipinski definition) is 6.